The lowest BCUT2D eigenvalue weighted by atomic mass is 10.0. The first kappa shape index (κ1) is 15.4. The molecule has 2 N–H and O–H groups in total. The molecule has 1 fully saturated rings. The zero-order valence-corrected chi connectivity index (χ0v) is 13.0. The van der Waals surface area contributed by atoms with E-state index in [1.54, 1.807) is 12.1 Å². The van der Waals surface area contributed by atoms with Crippen LogP contribution < -0.4 is 5.73 Å². The number of ether oxygens (including phenoxy) is 1. The molecule has 1 unspecified atom stereocenters. The van der Waals surface area contributed by atoms with Crippen LogP contribution in [0.3, 0.4) is 0 Å². The van der Waals surface area contributed by atoms with E-state index >= 15 is 0 Å². The molecule has 0 amide bonds. The standard InChI is InChI=1S/C15H21FN2OS/c1-10-7-18(9-15(2,3)19-10)8-12-6-11(14(17)20)4-5-13(12)16/h4-6,10H,7-9H2,1-3H3,(H2,17,20). The van der Waals surface area contributed by atoms with Crippen LogP contribution in [0, 0.1) is 5.82 Å². The molecule has 1 aromatic rings. The maximum Gasteiger partial charge on any atom is 0.127 e. The summed E-state index contributed by atoms with van der Waals surface area (Å²) in [4.78, 5) is 2.50. The van der Waals surface area contributed by atoms with Crippen LogP contribution in [0.2, 0.25) is 0 Å². The lowest BCUT2D eigenvalue weighted by Crippen LogP contribution is -2.51. The van der Waals surface area contributed by atoms with Crippen molar-refractivity contribution in [1.82, 2.24) is 4.90 Å². The van der Waals surface area contributed by atoms with Gasteiger partial charge >= 0.3 is 0 Å². The summed E-state index contributed by atoms with van der Waals surface area (Å²) < 4.78 is 19.8. The maximum absolute atomic E-state index is 13.9. The predicted octanol–water partition coefficient (Wildman–Crippen LogP) is 2.46. The van der Waals surface area contributed by atoms with Crippen molar-refractivity contribution in [3.05, 3.63) is 35.1 Å². The van der Waals surface area contributed by atoms with E-state index < -0.39 is 0 Å². The number of hydrogen-bond donors (Lipinski definition) is 1. The van der Waals surface area contributed by atoms with Crippen molar-refractivity contribution in [3.63, 3.8) is 0 Å². The average Bonchev–Trinajstić information content (AvgIpc) is 2.28. The van der Waals surface area contributed by atoms with Crippen molar-refractivity contribution in [1.29, 1.82) is 0 Å². The minimum absolute atomic E-state index is 0.139. The second kappa shape index (κ2) is 5.76. The number of rotatable bonds is 3. The third-order valence-electron chi connectivity index (χ3n) is 3.36. The Morgan fingerprint density at radius 1 is 1.55 bits per heavy atom. The summed E-state index contributed by atoms with van der Waals surface area (Å²) in [5.41, 5.74) is 6.72. The van der Waals surface area contributed by atoms with E-state index in [1.165, 1.54) is 6.07 Å². The lowest BCUT2D eigenvalue weighted by molar-refractivity contribution is -0.130. The summed E-state index contributed by atoms with van der Waals surface area (Å²) in [6.45, 7) is 8.25. The van der Waals surface area contributed by atoms with E-state index in [0.717, 1.165) is 13.1 Å². The highest BCUT2D eigenvalue weighted by Crippen LogP contribution is 2.23. The Kier molecular flexibility index (Phi) is 4.42. The van der Waals surface area contributed by atoms with E-state index in [1.807, 2.05) is 6.92 Å². The fourth-order valence-corrected chi connectivity index (χ4v) is 2.92. The molecule has 0 bridgehead atoms. The zero-order chi connectivity index (χ0) is 14.9. The molecule has 1 aliphatic rings. The van der Waals surface area contributed by atoms with Crippen LogP contribution in [0.1, 0.15) is 31.9 Å². The van der Waals surface area contributed by atoms with Gasteiger partial charge in [-0.05, 0) is 39.0 Å². The van der Waals surface area contributed by atoms with Crippen LogP contribution in [0.25, 0.3) is 0 Å². The van der Waals surface area contributed by atoms with Gasteiger partial charge in [0.25, 0.3) is 0 Å². The summed E-state index contributed by atoms with van der Waals surface area (Å²) in [7, 11) is 0. The Balaban J connectivity index is 2.17. The minimum atomic E-state index is -0.220. The molecule has 0 radical (unpaired) electrons. The van der Waals surface area contributed by atoms with Crippen LogP contribution >= 0.6 is 12.2 Å². The third kappa shape index (κ3) is 3.75. The normalized spacial score (nSPS) is 22.7. The molecule has 0 aliphatic carbocycles. The molecule has 1 heterocycles. The molecule has 3 nitrogen and oxygen atoms in total. The predicted molar refractivity (Wildman–Crippen MR) is 82.2 cm³/mol. The van der Waals surface area contributed by atoms with Gasteiger partial charge in [0.1, 0.15) is 10.8 Å². The van der Waals surface area contributed by atoms with Crippen molar-refractivity contribution in [3.8, 4) is 0 Å². The molecule has 1 atom stereocenters. The summed E-state index contributed by atoms with van der Waals surface area (Å²) >= 11 is 4.95. The quantitative estimate of drug-likeness (QED) is 0.870. The van der Waals surface area contributed by atoms with E-state index in [2.05, 4.69) is 18.7 Å². The monoisotopic (exact) mass is 296 g/mol. The summed E-state index contributed by atoms with van der Waals surface area (Å²) in [6, 6.07) is 4.79. The summed E-state index contributed by atoms with van der Waals surface area (Å²) in [6.07, 6.45) is 0.139. The van der Waals surface area contributed by atoms with E-state index in [-0.39, 0.29) is 17.5 Å². The highest BCUT2D eigenvalue weighted by Gasteiger charge is 2.31. The van der Waals surface area contributed by atoms with Gasteiger partial charge in [-0.3, -0.25) is 4.90 Å². The molecule has 5 heteroatoms. The molecular weight excluding hydrogens is 275 g/mol. The molecular formula is C15H21FN2OS. The first-order valence-electron chi connectivity index (χ1n) is 6.75. The van der Waals surface area contributed by atoms with Gasteiger partial charge in [-0.2, -0.15) is 0 Å². The average molecular weight is 296 g/mol. The molecule has 20 heavy (non-hydrogen) atoms. The number of halogens is 1. The van der Waals surface area contributed by atoms with Crippen LogP contribution in [0.4, 0.5) is 4.39 Å². The Labute approximate surface area is 124 Å². The van der Waals surface area contributed by atoms with Gasteiger partial charge in [0, 0.05) is 30.8 Å². The van der Waals surface area contributed by atoms with Gasteiger partial charge in [-0.25, -0.2) is 4.39 Å². The zero-order valence-electron chi connectivity index (χ0n) is 12.1. The lowest BCUT2D eigenvalue weighted by Gasteiger charge is -2.41. The number of morpholine rings is 1. The van der Waals surface area contributed by atoms with Gasteiger partial charge in [0.05, 0.1) is 11.7 Å². The Hall–Kier alpha value is -1.04. The van der Waals surface area contributed by atoms with Crippen molar-refractivity contribution in [2.24, 2.45) is 5.73 Å². The van der Waals surface area contributed by atoms with E-state index in [9.17, 15) is 4.39 Å². The van der Waals surface area contributed by atoms with Crippen molar-refractivity contribution in [2.45, 2.75) is 39.0 Å². The number of nitrogens with two attached hydrogens (primary N) is 1. The van der Waals surface area contributed by atoms with Crippen molar-refractivity contribution in [2.75, 3.05) is 13.1 Å². The summed E-state index contributed by atoms with van der Waals surface area (Å²) in [5.74, 6) is -0.220. The fourth-order valence-electron chi connectivity index (χ4n) is 2.80. The first-order valence-corrected chi connectivity index (χ1v) is 7.16. The van der Waals surface area contributed by atoms with E-state index in [4.69, 9.17) is 22.7 Å². The second-order valence-corrected chi connectivity index (χ2v) is 6.47. The van der Waals surface area contributed by atoms with Crippen LogP contribution in [-0.2, 0) is 11.3 Å². The second-order valence-electron chi connectivity index (χ2n) is 6.03. The van der Waals surface area contributed by atoms with Gasteiger partial charge < -0.3 is 10.5 Å². The number of hydrogen-bond acceptors (Lipinski definition) is 3. The van der Waals surface area contributed by atoms with Gasteiger partial charge in [0.2, 0.25) is 0 Å². The Morgan fingerprint density at radius 2 is 2.25 bits per heavy atom. The largest absolute Gasteiger partial charge is 0.389 e. The number of thiocarbonyl (C=S) groups is 1. The van der Waals surface area contributed by atoms with Crippen LogP contribution in [0.5, 0.6) is 0 Å². The van der Waals surface area contributed by atoms with E-state index in [0.29, 0.717) is 22.7 Å². The SMILES string of the molecule is CC1CN(Cc2cc(C(N)=S)ccc2F)CC(C)(C)O1. The Bertz CT molecular complexity index is 519. The fraction of sp³-hybridized carbons (Fsp3) is 0.533. The first-order chi connectivity index (χ1) is 9.27. The highest BCUT2D eigenvalue weighted by atomic mass is 32.1. The molecule has 2 rings (SSSR count). The van der Waals surface area contributed by atoms with Crippen LogP contribution in [-0.4, -0.2) is 34.7 Å². The van der Waals surface area contributed by atoms with Crippen molar-refractivity contribution < 1.29 is 9.13 Å². The van der Waals surface area contributed by atoms with Crippen LogP contribution in [0.15, 0.2) is 18.2 Å². The van der Waals surface area contributed by atoms with Gasteiger partial charge in [-0.1, -0.05) is 12.2 Å². The molecule has 1 saturated heterocycles. The number of nitrogens with zero attached hydrogens (tertiary/aromatic N) is 1. The van der Waals surface area contributed by atoms with Gasteiger partial charge in [0.15, 0.2) is 0 Å². The number of benzene rings is 1. The minimum Gasteiger partial charge on any atom is -0.389 e. The smallest absolute Gasteiger partial charge is 0.127 e. The third-order valence-corrected chi connectivity index (χ3v) is 3.60. The topological polar surface area (TPSA) is 38.5 Å². The molecule has 0 spiro atoms. The van der Waals surface area contributed by atoms with Gasteiger partial charge in [-0.15, -0.1) is 0 Å². The summed E-state index contributed by atoms with van der Waals surface area (Å²) in [5, 5.41) is 0. The highest BCUT2D eigenvalue weighted by molar-refractivity contribution is 7.80. The Morgan fingerprint density at radius 3 is 2.85 bits per heavy atom. The molecule has 110 valence electrons. The molecule has 0 aromatic heterocycles. The van der Waals surface area contributed by atoms with Crippen molar-refractivity contribution >= 4 is 17.2 Å². The molecule has 1 aliphatic heterocycles. The molecule has 0 saturated carbocycles. The molecule has 1 aromatic carbocycles. The maximum atomic E-state index is 13.9.